The minimum atomic E-state index is -0.492. The molecule has 2 N–H and O–H groups in total. The first-order chi connectivity index (χ1) is 14.0. The molecule has 1 saturated heterocycles. The third-order valence-corrected chi connectivity index (χ3v) is 5.50. The van der Waals surface area contributed by atoms with Crippen LogP contribution >= 0.6 is 22.9 Å². The molecule has 11 heteroatoms. The number of amides is 3. The molecule has 29 heavy (non-hydrogen) atoms. The number of esters is 1. The van der Waals surface area contributed by atoms with Crippen LogP contribution in [0.25, 0.3) is 0 Å². The fourth-order valence-corrected chi connectivity index (χ4v) is 3.92. The van der Waals surface area contributed by atoms with Gasteiger partial charge in [-0.15, -0.1) is 10.2 Å². The van der Waals surface area contributed by atoms with Crippen molar-refractivity contribution in [2.24, 2.45) is 0 Å². The smallest absolute Gasteiger partial charge is 0.325 e. The van der Waals surface area contributed by atoms with E-state index in [1.165, 1.54) is 0 Å². The Labute approximate surface area is 176 Å². The van der Waals surface area contributed by atoms with Crippen LogP contribution in [0, 0.1) is 0 Å². The van der Waals surface area contributed by atoms with E-state index >= 15 is 0 Å². The van der Waals surface area contributed by atoms with E-state index in [9.17, 15) is 14.4 Å². The Hall–Kier alpha value is -2.72. The Morgan fingerprint density at radius 1 is 1.28 bits per heavy atom. The molecule has 0 aliphatic carbocycles. The lowest BCUT2D eigenvalue weighted by atomic mass is 10.2. The molecule has 0 spiro atoms. The first kappa shape index (κ1) is 21.0. The number of likely N-dealkylation sites (tertiary alicyclic amines) is 1. The van der Waals surface area contributed by atoms with Crippen molar-refractivity contribution in [1.82, 2.24) is 20.4 Å². The van der Waals surface area contributed by atoms with Crippen molar-refractivity contribution in [3.8, 4) is 0 Å². The maximum Gasteiger partial charge on any atom is 0.325 e. The molecule has 1 aliphatic heterocycles. The zero-order valence-electron chi connectivity index (χ0n) is 15.7. The van der Waals surface area contributed by atoms with Gasteiger partial charge in [0.1, 0.15) is 11.6 Å². The van der Waals surface area contributed by atoms with Crippen molar-refractivity contribution in [2.45, 2.75) is 25.8 Å². The number of benzene rings is 1. The molecule has 3 rings (SSSR count). The maximum absolute atomic E-state index is 12.4. The number of aromatic nitrogens is 2. The van der Waals surface area contributed by atoms with E-state index in [1.54, 1.807) is 36.1 Å². The summed E-state index contributed by atoms with van der Waals surface area (Å²) < 4.78 is 4.81. The highest BCUT2D eigenvalue weighted by atomic mass is 35.5. The fourth-order valence-electron chi connectivity index (χ4n) is 2.91. The van der Waals surface area contributed by atoms with Gasteiger partial charge in [-0.2, -0.15) is 0 Å². The molecule has 154 valence electrons. The van der Waals surface area contributed by atoms with Gasteiger partial charge in [0, 0.05) is 17.3 Å². The highest BCUT2D eigenvalue weighted by Gasteiger charge is 2.33. The van der Waals surface area contributed by atoms with Gasteiger partial charge in [0.2, 0.25) is 5.01 Å². The standard InChI is InChI=1S/C18H20ClN5O4S/c1-2-28-14(25)10-20-18(27)24-9-3-4-13(24)16-22-23-17(29-16)15(26)21-12-7-5-11(19)6-8-12/h5-8,13H,2-4,9-10H2,1H3,(H,20,27)(H,21,26)/t13-/m1/s1. The molecule has 1 aliphatic rings. The number of halogens is 1. The van der Waals surface area contributed by atoms with E-state index in [0.29, 0.717) is 28.7 Å². The van der Waals surface area contributed by atoms with E-state index in [1.807, 2.05) is 0 Å². The van der Waals surface area contributed by atoms with Crippen molar-refractivity contribution in [1.29, 1.82) is 0 Å². The number of hydrogen-bond acceptors (Lipinski definition) is 7. The van der Waals surface area contributed by atoms with Gasteiger partial charge in [0.15, 0.2) is 0 Å². The van der Waals surface area contributed by atoms with Crippen LogP contribution in [0.5, 0.6) is 0 Å². The first-order valence-electron chi connectivity index (χ1n) is 9.08. The lowest BCUT2D eigenvalue weighted by molar-refractivity contribution is -0.141. The fraction of sp³-hybridized carbons (Fsp3) is 0.389. The number of urea groups is 1. The minimum Gasteiger partial charge on any atom is -0.465 e. The molecule has 2 aromatic rings. The summed E-state index contributed by atoms with van der Waals surface area (Å²) in [5.74, 6) is -0.874. The molecular weight excluding hydrogens is 418 g/mol. The molecule has 3 amide bonds. The van der Waals surface area contributed by atoms with E-state index in [2.05, 4.69) is 20.8 Å². The van der Waals surface area contributed by atoms with Crippen molar-refractivity contribution in [3.05, 3.63) is 39.3 Å². The van der Waals surface area contributed by atoms with Crippen LogP contribution in [-0.4, -0.2) is 52.7 Å². The Kier molecular flexibility index (Phi) is 6.99. The molecule has 9 nitrogen and oxygen atoms in total. The minimum absolute atomic E-state index is 0.194. The second-order valence-electron chi connectivity index (χ2n) is 6.22. The summed E-state index contributed by atoms with van der Waals surface area (Å²) in [5.41, 5.74) is 0.594. The van der Waals surface area contributed by atoms with E-state index < -0.39 is 5.97 Å². The van der Waals surface area contributed by atoms with Crippen LogP contribution in [-0.2, 0) is 9.53 Å². The Bertz CT molecular complexity index is 889. The molecule has 0 unspecified atom stereocenters. The van der Waals surface area contributed by atoms with Crippen LogP contribution in [0.3, 0.4) is 0 Å². The van der Waals surface area contributed by atoms with Crippen LogP contribution in [0.2, 0.25) is 5.02 Å². The normalized spacial score (nSPS) is 15.8. The number of carbonyl (C=O) groups excluding carboxylic acids is 3. The molecule has 1 fully saturated rings. The molecular formula is C18H20ClN5O4S. The molecule has 0 bridgehead atoms. The topological polar surface area (TPSA) is 114 Å². The van der Waals surface area contributed by atoms with Crippen molar-refractivity contribution < 1.29 is 19.1 Å². The average Bonchev–Trinajstić information content (AvgIpc) is 3.37. The van der Waals surface area contributed by atoms with Crippen molar-refractivity contribution >= 4 is 46.5 Å². The summed E-state index contributed by atoms with van der Waals surface area (Å²) in [7, 11) is 0. The molecule has 0 radical (unpaired) electrons. The van der Waals surface area contributed by atoms with Gasteiger partial charge in [-0.05, 0) is 44.0 Å². The highest BCUT2D eigenvalue weighted by molar-refractivity contribution is 7.13. The number of rotatable bonds is 6. The zero-order valence-corrected chi connectivity index (χ0v) is 17.3. The maximum atomic E-state index is 12.4. The van der Waals surface area contributed by atoms with Crippen LogP contribution in [0.15, 0.2) is 24.3 Å². The second kappa shape index (κ2) is 9.66. The number of hydrogen-bond donors (Lipinski definition) is 2. The molecule has 1 aromatic carbocycles. The SMILES string of the molecule is CCOC(=O)CNC(=O)N1CCC[C@@H]1c1nnc(C(=O)Nc2ccc(Cl)cc2)s1. The predicted molar refractivity (Wildman–Crippen MR) is 108 cm³/mol. The summed E-state index contributed by atoms with van der Waals surface area (Å²) in [6, 6.07) is 6.07. The zero-order chi connectivity index (χ0) is 20.8. The van der Waals surface area contributed by atoms with Gasteiger partial charge in [-0.1, -0.05) is 22.9 Å². The third kappa shape index (κ3) is 5.42. The van der Waals surface area contributed by atoms with Crippen LogP contribution in [0.1, 0.15) is 40.6 Å². The number of ether oxygens (including phenoxy) is 1. The van der Waals surface area contributed by atoms with Crippen LogP contribution in [0.4, 0.5) is 10.5 Å². The van der Waals surface area contributed by atoms with Gasteiger partial charge < -0.3 is 20.3 Å². The molecule has 0 saturated carbocycles. The van der Waals surface area contributed by atoms with E-state index in [4.69, 9.17) is 16.3 Å². The van der Waals surface area contributed by atoms with Gasteiger partial charge in [-0.3, -0.25) is 9.59 Å². The Morgan fingerprint density at radius 3 is 2.76 bits per heavy atom. The molecule has 1 atom stereocenters. The number of carbonyl (C=O) groups is 3. The van der Waals surface area contributed by atoms with Crippen molar-refractivity contribution in [3.63, 3.8) is 0 Å². The second-order valence-corrected chi connectivity index (χ2v) is 7.67. The first-order valence-corrected chi connectivity index (χ1v) is 10.3. The quantitative estimate of drug-likeness (QED) is 0.672. The highest BCUT2D eigenvalue weighted by Crippen LogP contribution is 2.33. The lowest BCUT2D eigenvalue weighted by Crippen LogP contribution is -2.42. The summed E-state index contributed by atoms with van der Waals surface area (Å²) in [6.07, 6.45) is 1.50. The van der Waals surface area contributed by atoms with E-state index in [-0.39, 0.29) is 36.1 Å². The summed E-state index contributed by atoms with van der Waals surface area (Å²) in [6.45, 7) is 2.30. The predicted octanol–water partition coefficient (Wildman–Crippen LogP) is 2.85. The summed E-state index contributed by atoms with van der Waals surface area (Å²) in [5, 5.41) is 14.7. The van der Waals surface area contributed by atoms with Gasteiger partial charge >= 0.3 is 12.0 Å². The number of anilines is 1. The summed E-state index contributed by atoms with van der Waals surface area (Å²) >= 11 is 6.98. The Morgan fingerprint density at radius 2 is 2.03 bits per heavy atom. The van der Waals surface area contributed by atoms with Gasteiger partial charge in [-0.25, -0.2) is 4.79 Å². The number of nitrogens with one attached hydrogen (secondary N) is 2. The molecule has 2 heterocycles. The monoisotopic (exact) mass is 437 g/mol. The average molecular weight is 438 g/mol. The third-order valence-electron chi connectivity index (χ3n) is 4.22. The van der Waals surface area contributed by atoms with Gasteiger partial charge in [0.25, 0.3) is 5.91 Å². The van der Waals surface area contributed by atoms with Crippen LogP contribution < -0.4 is 10.6 Å². The summed E-state index contributed by atoms with van der Waals surface area (Å²) in [4.78, 5) is 37.9. The Balaban J connectivity index is 1.62. The molecule has 1 aromatic heterocycles. The van der Waals surface area contributed by atoms with Gasteiger partial charge in [0.05, 0.1) is 12.6 Å². The van der Waals surface area contributed by atoms with E-state index in [0.717, 1.165) is 17.8 Å². The largest absolute Gasteiger partial charge is 0.465 e. The number of nitrogens with zero attached hydrogens (tertiary/aromatic N) is 3. The van der Waals surface area contributed by atoms with Crippen molar-refractivity contribution in [2.75, 3.05) is 25.0 Å². The lowest BCUT2D eigenvalue weighted by Gasteiger charge is -2.22.